The molecule has 0 bridgehead atoms. The third kappa shape index (κ3) is 4.45. The topological polar surface area (TPSA) is 26.3 Å². The molecule has 1 aliphatic carbocycles. The molecule has 0 radical (unpaired) electrons. The number of carbonyl (C=O) groups is 1. The van der Waals surface area contributed by atoms with Gasteiger partial charge in [-0.2, -0.15) is 0 Å². The molecule has 0 unspecified atom stereocenters. The highest BCUT2D eigenvalue weighted by atomic mass is 16.5. The molecule has 0 N–H and O–H groups in total. The van der Waals surface area contributed by atoms with E-state index in [9.17, 15) is 4.79 Å². The van der Waals surface area contributed by atoms with Crippen molar-refractivity contribution in [3.63, 3.8) is 0 Å². The van der Waals surface area contributed by atoms with Crippen molar-refractivity contribution in [2.24, 2.45) is 5.92 Å². The lowest BCUT2D eigenvalue weighted by molar-refractivity contribution is -0.138. The van der Waals surface area contributed by atoms with Crippen LogP contribution in [0.2, 0.25) is 0 Å². The van der Waals surface area contributed by atoms with E-state index in [1.165, 1.54) is 38.2 Å². The summed E-state index contributed by atoms with van der Waals surface area (Å²) in [6.45, 7) is 2.41. The van der Waals surface area contributed by atoms with E-state index in [1.807, 2.05) is 6.92 Å². The monoisotopic (exact) mass is 196 g/mol. The molecule has 2 heteroatoms. The van der Waals surface area contributed by atoms with Gasteiger partial charge in [-0.1, -0.05) is 38.2 Å². The molecule has 2 nitrogen and oxygen atoms in total. The van der Waals surface area contributed by atoms with Gasteiger partial charge in [-0.15, -0.1) is 0 Å². The largest absolute Gasteiger partial charge is 0.463 e. The van der Waals surface area contributed by atoms with Crippen LogP contribution in [-0.4, -0.2) is 12.6 Å². The predicted octanol–water partition coefficient (Wildman–Crippen LogP) is 3.08. The average molecular weight is 196 g/mol. The molecule has 1 fully saturated rings. The summed E-state index contributed by atoms with van der Waals surface area (Å²) in [5, 5.41) is 0. The molecule has 80 valence electrons. The van der Waals surface area contributed by atoms with Crippen LogP contribution in [0.15, 0.2) is 12.2 Å². The van der Waals surface area contributed by atoms with Crippen LogP contribution in [0.3, 0.4) is 0 Å². The predicted molar refractivity (Wildman–Crippen MR) is 57.0 cm³/mol. The van der Waals surface area contributed by atoms with Crippen LogP contribution in [0.4, 0.5) is 0 Å². The van der Waals surface area contributed by atoms with Gasteiger partial charge < -0.3 is 4.74 Å². The Morgan fingerprint density at radius 2 is 2.07 bits per heavy atom. The molecule has 0 aromatic carbocycles. The van der Waals surface area contributed by atoms with Gasteiger partial charge in [0.25, 0.3) is 0 Å². The van der Waals surface area contributed by atoms with Crippen molar-refractivity contribution in [3.05, 3.63) is 12.2 Å². The van der Waals surface area contributed by atoms with E-state index in [0.29, 0.717) is 6.61 Å². The van der Waals surface area contributed by atoms with Gasteiger partial charge in [0.05, 0.1) is 6.61 Å². The summed E-state index contributed by atoms with van der Waals surface area (Å²) in [5.74, 6) is 0.588. The second-order valence-electron chi connectivity index (χ2n) is 3.96. The van der Waals surface area contributed by atoms with Gasteiger partial charge in [-0.25, -0.2) is 4.79 Å². The van der Waals surface area contributed by atoms with Gasteiger partial charge in [-0.3, -0.25) is 0 Å². The third-order valence-corrected chi connectivity index (χ3v) is 2.80. The zero-order chi connectivity index (χ0) is 10.2. The Balaban J connectivity index is 2.05. The van der Waals surface area contributed by atoms with Crippen molar-refractivity contribution in [1.82, 2.24) is 0 Å². The Bertz CT molecular complexity index is 190. The quantitative estimate of drug-likeness (QED) is 0.510. The second kappa shape index (κ2) is 6.63. The maximum Gasteiger partial charge on any atom is 0.330 e. The summed E-state index contributed by atoms with van der Waals surface area (Å²) >= 11 is 0. The van der Waals surface area contributed by atoms with Crippen molar-refractivity contribution >= 4 is 5.97 Å². The molecule has 0 aliphatic heterocycles. The molecule has 0 saturated heterocycles. The van der Waals surface area contributed by atoms with Crippen LogP contribution in [0, 0.1) is 5.92 Å². The number of hydrogen-bond acceptors (Lipinski definition) is 2. The summed E-state index contributed by atoms with van der Waals surface area (Å²) in [7, 11) is 0. The minimum atomic E-state index is -0.205. The maximum absolute atomic E-state index is 11.0. The summed E-state index contributed by atoms with van der Waals surface area (Å²) in [5.41, 5.74) is 0. The number of esters is 1. The fraction of sp³-hybridized carbons (Fsp3) is 0.750. The minimum Gasteiger partial charge on any atom is -0.463 e. The number of carbonyl (C=O) groups excluding carboxylic acids is 1. The van der Waals surface area contributed by atoms with Crippen LogP contribution >= 0.6 is 0 Å². The Morgan fingerprint density at radius 1 is 1.36 bits per heavy atom. The summed E-state index contributed by atoms with van der Waals surface area (Å²) in [4.78, 5) is 11.0. The SMILES string of the molecule is CC=CC(=O)OCCC1CCCCC1. The first-order valence-electron chi connectivity index (χ1n) is 5.62. The maximum atomic E-state index is 11.0. The van der Waals surface area contributed by atoms with E-state index in [-0.39, 0.29) is 5.97 Å². The lowest BCUT2D eigenvalue weighted by atomic mass is 9.87. The Hall–Kier alpha value is -0.790. The summed E-state index contributed by atoms with van der Waals surface area (Å²) < 4.78 is 5.06. The number of hydrogen-bond donors (Lipinski definition) is 0. The molecule has 1 aliphatic rings. The van der Waals surface area contributed by atoms with Crippen molar-refractivity contribution in [3.8, 4) is 0 Å². The molecule has 1 saturated carbocycles. The highest BCUT2D eigenvalue weighted by Gasteiger charge is 2.13. The molecule has 0 heterocycles. The van der Waals surface area contributed by atoms with Gasteiger partial charge in [0.15, 0.2) is 0 Å². The molecule has 1 rings (SSSR count). The first kappa shape index (κ1) is 11.3. The van der Waals surface area contributed by atoms with Crippen LogP contribution in [0.25, 0.3) is 0 Å². The van der Waals surface area contributed by atoms with Crippen LogP contribution < -0.4 is 0 Å². The van der Waals surface area contributed by atoms with Gasteiger partial charge in [0.2, 0.25) is 0 Å². The molecule has 0 amide bonds. The van der Waals surface area contributed by atoms with Gasteiger partial charge in [-0.05, 0) is 19.3 Å². The van der Waals surface area contributed by atoms with Gasteiger partial charge in [0, 0.05) is 6.08 Å². The third-order valence-electron chi connectivity index (χ3n) is 2.80. The summed E-state index contributed by atoms with van der Waals surface area (Å²) in [6, 6.07) is 0. The van der Waals surface area contributed by atoms with Gasteiger partial charge in [0.1, 0.15) is 0 Å². The molecule has 0 spiro atoms. The van der Waals surface area contributed by atoms with E-state index < -0.39 is 0 Å². The van der Waals surface area contributed by atoms with Crippen LogP contribution in [0.5, 0.6) is 0 Å². The van der Waals surface area contributed by atoms with Crippen LogP contribution in [-0.2, 0) is 9.53 Å². The zero-order valence-corrected chi connectivity index (χ0v) is 9.00. The number of rotatable bonds is 4. The van der Waals surface area contributed by atoms with E-state index in [1.54, 1.807) is 6.08 Å². The molecule has 0 atom stereocenters. The zero-order valence-electron chi connectivity index (χ0n) is 9.00. The molecule has 14 heavy (non-hydrogen) atoms. The van der Waals surface area contributed by atoms with Crippen molar-refractivity contribution < 1.29 is 9.53 Å². The summed E-state index contributed by atoms with van der Waals surface area (Å²) in [6.07, 6.45) is 11.0. The van der Waals surface area contributed by atoms with Gasteiger partial charge >= 0.3 is 5.97 Å². The number of allylic oxidation sites excluding steroid dienone is 1. The highest BCUT2D eigenvalue weighted by molar-refractivity contribution is 5.81. The molecular formula is C12H20O2. The first-order valence-corrected chi connectivity index (χ1v) is 5.62. The minimum absolute atomic E-state index is 0.205. The smallest absolute Gasteiger partial charge is 0.330 e. The average Bonchev–Trinajstić information content (AvgIpc) is 2.20. The fourth-order valence-electron chi connectivity index (χ4n) is 1.99. The van der Waals surface area contributed by atoms with E-state index in [0.717, 1.165) is 12.3 Å². The van der Waals surface area contributed by atoms with Crippen molar-refractivity contribution in [2.75, 3.05) is 6.61 Å². The Kier molecular flexibility index (Phi) is 5.35. The Morgan fingerprint density at radius 3 is 2.71 bits per heavy atom. The lowest BCUT2D eigenvalue weighted by Gasteiger charge is -2.20. The molecule has 0 aromatic rings. The van der Waals surface area contributed by atoms with E-state index in [2.05, 4.69) is 0 Å². The Labute approximate surface area is 86.3 Å². The number of ether oxygens (including phenoxy) is 1. The molecular weight excluding hydrogens is 176 g/mol. The van der Waals surface area contributed by atoms with Crippen molar-refractivity contribution in [1.29, 1.82) is 0 Å². The lowest BCUT2D eigenvalue weighted by Crippen LogP contribution is -2.11. The highest BCUT2D eigenvalue weighted by Crippen LogP contribution is 2.25. The standard InChI is InChI=1S/C12H20O2/c1-2-6-12(13)14-10-9-11-7-4-3-5-8-11/h2,6,11H,3-5,7-10H2,1H3. The second-order valence-corrected chi connectivity index (χ2v) is 3.96. The molecule has 0 aromatic heterocycles. The van der Waals surface area contributed by atoms with Crippen LogP contribution in [0.1, 0.15) is 45.4 Å². The van der Waals surface area contributed by atoms with Crippen molar-refractivity contribution in [2.45, 2.75) is 45.4 Å². The normalized spacial score (nSPS) is 18.6. The fourth-order valence-corrected chi connectivity index (χ4v) is 1.99. The first-order chi connectivity index (χ1) is 6.83. The van der Waals surface area contributed by atoms with E-state index in [4.69, 9.17) is 4.74 Å². The van der Waals surface area contributed by atoms with E-state index >= 15 is 0 Å².